The molecule has 2 heterocycles. The monoisotopic (exact) mass is 368 g/mol. The lowest BCUT2D eigenvalue weighted by atomic mass is 9.99. The summed E-state index contributed by atoms with van der Waals surface area (Å²) in [5.74, 6) is 0. The van der Waals surface area contributed by atoms with Gasteiger partial charge in [0.2, 0.25) is 0 Å². The molecule has 2 aromatic heterocycles. The predicted molar refractivity (Wildman–Crippen MR) is 119 cm³/mol. The maximum Gasteiger partial charge on any atom is 0.0890 e. The van der Waals surface area contributed by atoms with Crippen LogP contribution >= 0.6 is 22.7 Å². The SMILES string of the molecule is Cc1cc2c(sc3sc4c5ccccc5c(C)cc4c32)c2ccccc12. The van der Waals surface area contributed by atoms with Gasteiger partial charge in [-0.15, -0.1) is 22.7 Å². The van der Waals surface area contributed by atoms with Crippen molar-refractivity contribution in [2.24, 2.45) is 0 Å². The summed E-state index contributed by atoms with van der Waals surface area (Å²) in [6.45, 7) is 4.47. The van der Waals surface area contributed by atoms with Crippen molar-refractivity contribution in [3.8, 4) is 0 Å². The Hall–Kier alpha value is -2.42. The van der Waals surface area contributed by atoms with E-state index >= 15 is 0 Å². The minimum absolute atomic E-state index is 1.37. The van der Waals surface area contributed by atoms with Crippen LogP contribution in [0.25, 0.3) is 51.1 Å². The van der Waals surface area contributed by atoms with Crippen LogP contribution in [-0.4, -0.2) is 0 Å². The van der Waals surface area contributed by atoms with Crippen LogP contribution in [0.2, 0.25) is 0 Å². The lowest BCUT2D eigenvalue weighted by Crippen LogP contribution is -1.80. The summed E-state index contributed by atoms with van der Waals surface area (Å²) in [4.78, 5) is 0. The number of hydrogen-bond donors (Lipinski definition) is 0. The second-order valence-electron chi connectivity index (χ2n) is 7.10. The quantitative estimate of drug-likeness (QED) is 0.253. The number of aryl methyl sites for hydroxylation is 2. The summed E-state index contributed by atoms with van der Waals surface area (Å²) in [6, 6.07) is 22.4. The second-order valence-corrected chi connectivity index (χ2v) is 9.40. The molecule has 0 amide bonds. The Labute approximate surface area is 159 Å². The van der Waals surface area contributed by atoms with Gasteiger partial charge in [-0.25, -0.2) is 0 Å². The predicted octanol–water partition coefficient (Wildman–Crippen LogP) is 8.19. The normalized spacial score (nSPS) is 12.2. The smallest absolute Gasteiger partial charge is 0.0890 e. The van der Waals surface area contributed by atoms with Gasteiger partial charge in [0.05, 0.1) is 4.01 Å². The standard InChI is InChI=1S/C24H16S2/c1-13-11-19-21-20-12-14(2)16-8-4-6-10-18(16)23(20)26-24(21)25-22(19)17-9-5-3-7-15(13)17/h3-12H,1-2H3. The molecule has 0 atom stereocenters. The molecular weight excluding hydrogens is 352 g/mol. The van der Waals surface area contributed by atoms with E-state index in [1.165, 1.54) is 62.2 Å². The molecule has 26 heavy (non-hydrogen) atoms. The van der Waals surface area contributed by atoms with Crippen LogP contribution in [0.5, 0.6) is 0 Å². The van der Waals surface area contributed by atoms with Crippen LogP contribution in [0, 0.1) is 13.8 Å². The third kappa shape index (κ3) is 1.78. The Morgan fingerprint density at radius 2 is 0.962 bits per heavy atom. The molecule has 0 N–H and O–H groups in total. The van der Waals surface area contributed by atoms with Crippen molar-refractivity contribution >= 4 is 73.8 Å². The van der Waals surface area contributed by atoms with Gasteiger partial charge in [-0.1, -0.05) is 48.5 Å². The molecule has 0 spiro atoms. The molecule has 124 valence electrons. The molecule has 0 aliphatic heterocycles. The van der Waals surface area contributed by atoms with Crippen molar-refractivity contribution in [2.45, 2.75) is 13.8 Å². The van der Waals surface area contributed by atoms with Gasteiger partial charge in [0.15, 0.2) is 0 Å². The summed E-state index contributed by atoms with van der Waals surface area (Å²) >= 11 is 3.92. The Morgan fingerprint density at radius 3 is 1.42 bits per heavy atom. The van der Waals surface area contributed by atoms with Gasteiger partial charge in [-0.3, -0.25) is 0 Å². The molecule has 0 bridgehead atoms. The first-order valence-corrected chi connectivity index (χ1v) is 10.5. The van der Waals surface area contributed by atoms with E-state index in [0.29, 0.717) is 0 Å². The number of hydrogen-bond acceptors (Lipinski definition) is 2. The molecule has 0 radical (unpaired) electrons. The largest absolute Gasteiger partial charge is 0.123 e. The third-order valence-corrected chi connectivity index (χ3v) is 8.10. The van der Waals surface area contributed by atoms with Crippen molar-refractivity contribution in [1.82, 2.24) is 0 Å². The summed E-state index contributed by atoms with van der Waals surface area (Å²) in [5, 5.41) is 9.82. The van der Waals surface area contributed by atoms with Gasteiger partial charge >= 0.3 is 0 Å². The molecule has 0 unspecified atom stereocenters. The van der Waals surface area contributed by atoms with E-state index in [-0.39, 0.29) is 0 Å². The average Bonchev–Trinajstić information content (AvgIpc) is 3.20. The lowest BCUT2D eigenvalue weighted by Gasteiger charge is -2.06. The maximum absolute atomic E-state index is 2.40. The molecule has 0 saturated heterocycles. The van der Waals surface area contributed by atoms with Crippen molar-refractivity contribution in [2.75, 3.05) is 0 Å². The highest BCUT2D eigenvalue weighted by molar-refractivity contribution is 7.45. The van der Waals surface area contributed by atoms with E-state index < -0.39 is 0 Å². The van der Waals surface area contributed by atoms with Gasteiger partial charge in [0.25, 0.3) is 0 Å². The first-order chi connectivity index (χ1) is 12.7. The Balaban J connectivity index is 1.89. The average molecular weight is 369 g/mol. The van der Waals surface area contributed by atoms with Gasteiger partial charge in [-0.2, -0.15) is 0 Å². The maximum atomic E-state index is 2.40. The minimum Gasteiger partial charge on any atom is -0.123 e. The zero-order chi connectivity index (χ0) is 17.4. The minimum atomic E-state index is 1.37. The van der Waals surface area contributed by atoms with Crippen molar-refractivity contribution in [3.05, 3.63) is 71.8 Å². The highest BCUT2D eigenvalue weighted by Crippen LogP contribution is 2.48. The number of rotatable bonds is 0. The summed E-state index contributed by atoms with van der Waals surface area (Å²) in [5.41, 5.74) is 2.73. The van der Waals surface area contributed by atoms with Crippen LogP contribution < -0.4 is 0 Å². The van der Waals surface area contributed by atoms with E-state index in [9.17, 15) is 0 Å². The molecule has 2 heteroatoms. The zero-order valence-corrected chi connectivity index (χ0v) is 16.2. The number of benzene rings is 4. The summed E-state index contributed by atoms with van der Waals surface area (Å²) in [7, 11) is 0. The Kier molecular flexibility index (Phi) is 2.87. The third-order valence-electron chi connectivity index (χ3n) is 5.54. The molecule has 4 aromatic carbocycles. The fourth-order valence-corrected chi connectivity index (χ4v) is 7.12. The zero-order valence-electron chi connectivity index (χ0n) is 14.6. The molecule has 6 aromatic rings. The first-order valence-electron chi connectivity index (χ1n) is 8.88. The van der Waals surface area contributed by atoms with Gasteiger partial charge < -0.3 is 0 Å². The summed E-state index contributed by atoms with van der Waals surface area (Å²) in [6.07, 6.45) is 0. The van der Waals surface area contributed by atoms with Crippen LogP contribution in [0.4, 0.5) is 0 Å². The van der Waals surface area contributed by atoms with Crippen molar-refractivity contribution in [3.63, 3.8) is 0 Å². The first kappa shape index (κ1) is 14.7. The van der Waals surface area contributed by atoms with E-state index in [4.69, 9.17) is 0 Å². The topological polar surface area (TPSA) is 0 Å². The molecule has 0 nitrogen and oxygen atoms in total. The van der Waals surface area contributed by atoms with E-state index in [1.54, 1.807) is 0 Å². The number of fused-ring (bicyclic) bond motifs is 9. The molecule has 0 saturated carbocycles. The van der Waals surface area contributed by atoms with Crippen molar-refractivity contribution < 1.29 is 0 Å². The van der Waals surface area contributed by atoms with Crippen LogP contribution in [0.1, 0.15) is 11.1 Å². The fourth-order valence-electron chi connectivity index (χ4n) is 4.32. The van der Waals surface area contributed by atoms with Crippen LogP contribution in [0.15, 0.2) is 60.7 Å². The van der Waals surface area contributed by atoms with Gasteiger partial charge in [-0.05, 0) is 58.7 Å². The van der Waals surface area contributed by atoms with E-state index in [1.807, 2.05) is 22.7 Å². The van der Waals surface area contributed by atoms with E-state index in [0.717, 1.165) is 0 Å². The fraction of sp³-hybridized carbons (Fsp3) is 0.0833. The summed E-state index contributed by atoms with van der Waals surface area (Å²) < 4.78 is 4.31. The Bertz CT molecular complexity index is 1380. The number of thiophene rings is 2. The van der Waals surface area contributed by atoms with Crippen molar-refractivity contribution in [1.29, 1.82) is 0 Å². The molecule has 0 aliphatic carbocycles. The Morgan fingerprint density at radius 1 is 0.538 bits per heavy atom. The highest BCUT2D eigenvalue weighted by Gasteiger charge is 2.17. The molecular formula is C24H16S2. The second kappa shape index (κ2) is 5.06. The van der Waals surface area contributed by atoms with Crippen LogP contribution in [-0.2, 0) is 0 Å². The van der Waals surface area contributed by atoms with E-state index in [2.05, 4.69) is 74.5 Å². The molecule has 0 fully saturated rings. The molecule has 6 rings (SSSR count). The molecule has 0 aliphatic rings. The van der Waals surface area contributed by atoms with Gasteiger partial charge in [0.1, 0.15) is 0 Å². The van der Waals surface area contributed by atoms with Crippen LogP contribution in [0.3, 0.4) is 0 Å². The highest BCUT2D eigenvalue weighted by atomic mass is 32.2. The lowest BCUT2D eigenvalue weighted by molar-refractivity contribution is 1.56. The van der Waals surface area contributed by atoms with Gasteiger partial charge in [0, 0.05) is 25.6 Å².